The van der Waals surface area contributed by atoms with Crippen LogP contribution in [0.2, 0.25) is 0 Å². The van der Waals surface area contributed by atoms with Gasteiger partial charge in [0.05, 0.1) is 0 Å². The van der Waals surface area contributed by atoms with Gasteiger partial charge in [0.2, 0.25) is 0 Å². The number of ether oxygens (including phenoxy) is 1. The lowest BCUT2D eigenvalue weighted by Gasteiger charge is -2.14. The summed E-state index contributed by atoms with van der Waals surface area (Å²) in [6.07, 6.45) is 0. The fourth-order valence-electron chi connectivity index (χ4n) is 1.97. The normalized spacial score (nSPS) is 12.2. The van der Waals surface area contributed by atoms with E-state index in [2.05, 4.69) is 5.32 Å². The Kier molecular flexibility index (Phi) is 4.85. The summed E-state index contributed by atoms with van der Waals surface area (Å²) in [4.78, 5) is 0. The molecule has 0 amide bonds. The van der Waals surface area contributed by atoms with Crippen LogP contribution in [0.15, 0.2) is 36.4 Å². The second kappa shape index (κ2) is 6.63. The Morgan fingerprint density at radius 2 is 1.76 bits per heavy atom. The number of halogens is 3. The Labute approximate surface area is 121 Å². The van der Waals surface area contributed by atoms with Gasteiger partial charge in [0.1, 0.15) is 5.82 Å². The lowest BCUT2D eigenvalue weighted by atomic mass is 10.1. The van der Waals surface area contributed by atoms with Crippen molar-refractivity contribution in [3.8, 4) is 11.5 Å². The van der Waals surface area contributed by atoms with Crippen molar-refractivity contribution in [3.63, 3.8) is 0 Å². The molecule has 2 aromatic carbocycles. The monoisotopic (exact) mass is 295 g/mol. The third-order valence-electron chi connectivity index (χ3n) is 3.08. The van der Waals surface area contributed by atoms with Gasteiger partial charge in [-0.1, -0.05) is 13.0 Å². The summed E-state index contributed by atoms with van der Waals surface area (Å²) >= 11 is 0. The zero-order chi connectivity index (χ0) is 15.4. The van der Waals surface area contributed by atoms with Gasteiger partial charge in [-0.05, 0) is 43.3 Å². The van der Waals surface area contributed by atoms with E-state index in [1.54, 1.807) is 6.07 Å². The van der Waals surface area contributed by atoms with E-state index in [1.165, 1.54) is 12.1 Å². The maximum absolute atomic E-state index is 14.0. The summed E-state index contributed by atoms with van der Waals surface area (Å²) in [6, 6.07) is 7.18. The topological polar surface area (TPSA) is 21.3 Å². The molecule has 0 spiro atoms. The van der Waals surface area contributed by atoms with E-state index in [1.807, 2.05) is 13.8 Å². The van der Waals surface area contributed by atoms with Crippen LogP contribution in [-0.4, -0.2) is 6.54 Å². The zero-order valence-corrected chi connectivity index (χ0v) is 11.8. The lowest BCUT2D eigenvalue weighted by molar-refractivity contribution is 0.409. The average molecular weight is 295 g/mol. The van der Waals surface area contributed by atoms with Crippen molar-refractivity contribution >= 4 is 0 Å². The molecule has 1 atom stereocenters. The standard InChI is InChI=1S/C16H16F3NO/c1-3-20-10(2)11-4-7-15(14(19)8-11)21-16-9-12(17)5-6-13(16)18/h4-10,20H,3H2,1-2H3. The second-order valence-corrected chi connectivity index (χ2v) is 4.65. The maximum Gasteiger partial charge on any atom is 0.166 e. The molecule has 0 aliphatic rings. The third kappa shape index (κ3) is 3.76. The molecule has 0 fully saturated rings. The van der Waals surface area contributed by atoms with Gasteiger partial charge in [-0.2, -0.15) is 0 Å². The molecular formula is C16H16F3NO. The third-order valence-corrected chi connectivity index (χ3v) is 3.08. The minimum atomic E-state index is -0.749. The van der Waals surface area contributed by atoms with Crippen molar-refractivity contribution in [2.75, 3.05) is 6.54 Å². The molecule has 0 saturated heterocycles. The number of hydrogen-bond acceptors (Lipinski definition) is 2. The van der Waals surface area contributed by atoms with Crippen molar-refractivity contribution in [1.29, 1.82) is 0 Å². The molecule has 0 aromatic heterocycles. The van der Waals surface area contributed by atoms with E-state index in [0.29, 0.717) is 0 Å². The molecule has 0 aliphatic heterocycles. The van der Waals surface area contributed by atoms with Gasteiger partial charge in [0.15, 0.2) is 23.1 Å². The number of rotatable bonds is 5. The quantitative estimate of drug-likeness (QED) is 0.872. The molecule has 1 unspecified atom stereocenters. The van der Waals surface area contributed by atoms with E-state index >= 15 is 0 Å². The van der Waals surface area contributed by atoms with Gasteiger partial charge in [-0.3, -0.25) is 0 Å². The molecule has 0 heterocycles. The number of nitrogens with one attached hydrogen (secondary N) is 1. The SMILES string of the molecule is CCNC(C)c1ccc(Oc2cc(F)ccc2F)c(F)c1. The van der Waals surface area contributed by atoms with Gasteiger partial charge in [0, 0.05) is 12.1 Å². The van der Waals surface area contributed by atoms with Crippen LogP contribution in [0.25, 0.3) is 0 Å². The summed E-state index contributed by atoms with van der Waals surface area (Å²) in [5, 5.41) is 3.16. The molecule has 112 valence electrons. The second-order valence-electron chi connectivity index (χ2n) is 4.65. The highest BCUT2D eigenvalue weighted by Crippen LogP contribution is 2.29. The first-order valence-electron chi connectivity index (χ1n) is 6.67. The Morgan fingerprint density at radius 1 is 1.00 bits per heavy atom. The molecule has 0 bridgehead atoms. The molecule has 2 aromatic rings. The molecular weight excluding hydrogens is 279 g/mol. The maximum atomic E-state index is 14.0. The van der Waals surface area contributed by atoms with Gasteiger partial charge < -0.3 is 10.1 Å². The minimum absolute atomic E-state index is 0.00976. The fourth-order valence-corrected chi connectivity index (χ4v) is 1.97. The van der Waals surface area contributed by atoms with E-state index in [0.717, 1.165) is 30.3 Å². The minimum Gasteiger partial charge on any atom is -0.451 e. The molecule has 21 heavy (non-hydrogen) atoms. The van der Waals surface area contributed by atoms with Gasteiger partial charge >= 0.3 is 0 Å². The van der Waals surface area contributed by atoms with Crippen LogP contribution in [0, 0.1) is 17.5 Å². The first kappa shape index (κ1) is 15.4. The highest BCUT2D eigenvalue weighted by molar-refractivity contribution is 5.36. The van der Waals surface area contributed by atoms with Crippen LogP contribution in [0.3, 0.4) is 0 Å². The average Bonchev–Trinajstić information content (AvgIpc) is 2.45. The Bertz CT molecular complexity index is 631. The summed E-state index contributed by atoms with van der Waals surface area (Å²) in [5.41, 5.74) is 0.751. The van der Waals surface area contributed by atoms with Crippen molar-refractivity contribution in [2.24, 2.45) is 0 Å². The molecule has 0 radical (unpaired) electrons. The molecule has 0 aliphatic carbocycles. The van der Waals surface area contributed by atoms with E-state index < -0.39 is 17.5 Å². The lowest BCUT2D eigenvalue weighted by Crippen LogP contribution is -2.17. The van der Waals surface area contributed by atoms with Crippen LogP contribution < -0.4 is 10.1 Å². The summed E-state index contributed by atoms with van der Waals surface area (Å²) in [7, 11) is 0. The highest BCUT2D eigenvalue weighted by atomic mass is 19.1. The van der Waals surface area contributed by atoms with E-state index in [9.17, 15) is 13.2 Å². The van der Waals surface area contributed by atoms with Gasteiger partial charge in [-0.15, -0.1) is 0 Å². The predicted octanol–water partition coefficient (Wildman–Crippen LogP) is 4.57. The predicted molar refractivity (Wildman–Crippen MR) is 74.9 cm³/mol. The molecule has 1 N–H and O–H groups in total. The van der Waals surface area contributed by atoms with Gasteiger partial charge in [0.25, 0.3) is 0 Å². The molecule has 2 rings (SSSR count). The van der Waals surface area contributed by atoms with E-state index in [4.69, 9.17) is 4.74 Å². The van der Waals surface area contributed by atoms with Gasteiger partial charge in [-0.25, -0.2) is 13.2 Å². The molecule has 0 saturated carbocycles. The van der Waals surface area contributed by atoms with Crippen molar-refractivity contribution in [2.45, 2.75) is 19.9 Å². The Hall–Kier alpha value is -2.01. The fraction of sp³-hybridized carbons (Fsp3) is 0.250. The van der Waals surface area contributed by atoms with Crippen molar-refractivity contribution in [1.82, 2.24) is 5.32 Å². The van der Waals surface area contributed by atoms with Crippen molar-refractivity contribution < 1.29 is 17.9 Å². The summed E-state index contributed by atoms with van der Waals surface area (Å²) in [6.45, 7) is 4.62. The largest absolute Gasteiger partial charge is 0.451 e. The van der Waals surface area contributed by atoms with Crippen LogP contribution in [0.5, 0.6) is 11.5 Å². The van der Waals surface area contributed by atoms with Crippen LogP contribution >= 0.6 is 0 Å². The van der Waals surface area contributed by atoms with Crippen LogP contribution in [0.1, 0.15) is 25.5 Å². The number of hydrogen-bond donors (Lipinski definition) is 1. The summed E-state index contributed by atoms with van der Waals surface area (Å²) in [5.74, 6) is -2.51. The first-order valence-corrected chi connectivity index (χ1v) is 6.67. The smallest absolute Gasteiger partial charge is 0.166 e. The Morgan fingerprint density at radius 3 is 2.43 bits per heavy atom. The Balaban J connectivity index is 2.23. The highest BCUT2D eigenvalue weighted by Gasteiger charge is 2.12. The number of benzene rings is 2. The van der Waals surface area contributed by atoms with Crippen molar-refractivity contribution in [3.05, 3.63) is 59.4 Å². The first-order chi connectivity index (χ1) is 10.0. The van der Waals surface area contributed by atoms with E-state index in [-0.39, 0.29) is 17.5 Å². The van der Waals surface area contributed by atoms with Crippen LogP contribution in [-0.2, 0) is 0 Å². The zero-order valence-electron chi connectivity index (χ0n) is 11.8. The molecule has 2 nitrogen and oxygen atoms in total. The molecule has 5 heteroatoms. The summed E-state index contributed by atoms with van der Waals surface area (Å²) < 4.78 is 45.6. The van der Waals surface area contributed by atoms with Crippen LogP contribution in [0.4, 0.5) is 13.2 Å².